The Kier molecular flexibility index (Phi) is 4.85. The lowest BCUT2D eigenvalue weighted by Crippen LogP contribution is -2.23. The van der Waals surface area contributed by atoms with Crippen LogP contribution in [-0.2, 0) is 4.79 Å². The van der Waals surface area contributed by atoms with E-state index in [1.807, 2.05) is 30.3 Å². The maximum absolute atomic E-state index is 12.4. The van der Waals surface area contributed by atoms with E-state index in [2.05, 4.69) is 10.1 Å². The second-order valence-electron chi connectivity index (χ2n) is 5.47. The number of rotatable bonds is 3. The zero-order valence-corrected chi connectivity index (χ0v) is 15.1. The van der Waals surface area contributed by atoms with Crippen LogP contribution in [-0.4, -0.2) is 45.8 Å². The number of nitrogens with zero attached hydrogens (tertiary/aromatic N) is 4. The summed E-state index contributed by atoms with van der Waals surface area (Å²) in [5.41, 5.74) is 2.30. The van der Waals surface area contributed by atoms with Crippen LogP contribution in [0.3, 0.4) is 0 Å². The van der Waals surface area contributed by atoms with Crippen LogP contribution in [0.15, 0.2) is 46.4 Å². The number of amides is 1. The van der Waals surface area contributed by atoms with Gasteiger partial charge >= 0.3 is 0 Å². The molecule has 0 radical (unpaired) electrons. The second kappa shape index (κ2) is 7.06. The van der Waals surface area contributed by atoms with Crippen LogP contribution in [0.2, 0.25) is 0 Å². The predicted octanol–water partition coefficient (Wildman–Crippen LogP) is 3.13. The smallest absolute Gasteiger partial charge is 0.266 e. The Balaban J connectivity index is 2.09. The van der Waals surface area contributed by atoms with Gasteiger partial charge in [-0.25, -0.2) is 4.68 Å². The van der Waals surface area contributed by atoms with E-state index < -0.39 is 0 Å². The van der Waals surface area contributed by atoms with E-state index in [9.17, 15) is 9.59 Å². The maximum Gasteiger partial charge on any atom is 0.266 e. The van der Waals surface area contributed by atoms with E-state index in [0.717, 1.165) is 11.1 Å². The standard InChI is InChI=1S/C18H18N4O2S/c1-4-15(23)22-11-13(16(20-22)12-8-6-5-7-9-12)10-14-17(24)21(3)18(19-2)25-14/h5-11H,4H2,1-3H3/b14-10+,19-18?. The molecule has 1 aromatic heterocycles. The molecule has 0 unspecified atom stereocenters. The number of benzene rings is 1. The molecule has 25 heavy (non-hydrogen) atoms. The van der Waals surface area contributed by atoms with E-state index in [-0.39, 0.29) is 11.8 Å². The molecule has 128 valence electrons. The average Bonchev–Trinajstić information content (AvgIpc) is 3.18. The van der Waals surface area contributed by atoms with Gasteiger partial charge < -0.3 is 0 Å². The van der Waals surface area contributed by atoms with Crippen molar-refractivity contribution in [2.45, 2.75) is 13.3 Å². The summed E-state index contributed by atoms with van der Waals surface area (Å²) in [5, 5.41) is 5.08. The number of carbonyl (C=O) groups is 2. The number of likely N-dealkylation sites (N-methyl/N-ethyl adjacent to an activating group) is 1. The topological polar surface area (TPSA) is 67.6 Å². The van der Waals surface area contributed by atoms with Gasteiger partial charge in [-0.3, -0.25) is 19.5 Å². The SMILES string of the molecule is CCC(=O)n1cc(/C=C2/SC(=NC)N(C)C2=O)c(-c2ccccc2)n1. The molecule has 0 atom stereocenters. The van der Waals surface area contributed by atoms with Crippen molar-refractivity contribution in [2.75, 3.05) is 14.1 Å². The number of aliphatic imine (C=N–C) groups is 1. The minimum atomic E-state index is -0.112. The summed E-state index contributed by atoms with van der Waals surface area (Å²) >= 11 is 1.31. The lowest BCUT2D eigenvalue weighted by atomic mass is 10.1. The van der Waals surface area contributed by atoms with Gasteiger partial charge in [-0.2, -0.15) is 5.10 Å². The Morgan fingerprint density at radius 3 is 2.64 bits per heavy atom. The molecule has 6 nitrogen and oxygen atoms in total. The minimum Gasteiger partial charge on any atom is -0.290 e. The van der Waals surface area contributed by atoms with Crippen LogP contribution in [0.5, 0.6) is 0 Å². The lowest BCUT2D eigenvalue weighted by molar-refractivity contribution is -0.121. The van der Waals surface area contributed by atoms with Gasteiger partial charge in [-0.05, 0) is 17.8 Å². The number of thioether (sulfide) groups is 1. The summed E-state index contributed by atoms with van der Waals surface area (Å²) in [6, 6.07) is 9.61. The molecule has 7 heteroatoms. The van der Waals surface area contributed by atoms with Gasteiger partial charge in [-0.1, -0.05) is 37.3 Å². The van der Waals surface area contributed by atoms with Crippen LogP contribution < -0.4 is 0 Å². The highest BCUT2D eigenvalue weighted by molar-refractivity contribution is 8.18. The Morgan fingerprint density at radius 1 is 1.32 bits per heavy atom. The highest BCUT2D eigenvalue weighted by atomic mass is 32.2. The summed E-state index contributed by atoms with van der Waals surface area (Å²) in [6.07, 6.45) is 3.81. The quantitative estimate of drug-likeness (QED) is 0.794. The van der Waals surface area contributed by atoms with Crippen molar-refractivity contribution in [3.8, 4) is 11.3 Å². The largest absolute Gasteiger partial charge is 0.290 e. The summed E-state index contributed by atoms with van der Waals surface area (Å²) in [6.45, 7) is 1.79. The molecule has 2 heterocycles. The van der Waals surface area contributed by atoms with Gasteiger partial charge in [0.05, 0.1) is 4.91 Å². The monoisotopic (exact) mass is 354 g/mol. The zero-order chi connectivity index (χ0) is 18.0. The van der Waals surface area contributed by atoms with Crippen LogP contribution in [0.25, 0.3) is 17.3 Å². The molecular formula is C18H18N4O2S. The molecule has 1 amide bonds. The molecule has 1 aliphatic heterocycles. The van der Waals surface area contributed by atoms with Crippen molar-refractivity contribution in [2.24, 2.45) is 4.99 Å². The van der Waals surface area contributed by atoms with Crippen LogP contribution in [0.4, 0.5) is 0 Å². The molecule has 2 aromatic rings. The van der Waals surface area contributed by atoms with Gasteiger partial charge in [0, 0.05) is 37.8 Å². The van der Waals surface area contributed by atoms with Crippen molar-refractivity contribution in [1.29, 1.82) is 0 Å². The van der Waals surface area contributed by atoms with Crippen LogP contribution in [0.1, 0.15) is 23.7 Å². The normalized spacial score (nSPS) is 17.7. The zero-order valence-electron chi connectivity index (χ0n) is 14.3. The first-order valence-electron chi connectivity index (χ1n) is 7.87. The first-order valence-corrected chi connectivity index (χ1v) is 8.69. The fraction of sp³-hybridized carbons (Fsp3) is 0.222. The molecule has 0 spiro atoms. The Bertz CT molecular complexity index is 884. The average molecular weight is 354 g/mol. The third-order valence-electron chi connectivity index (χ3n) is 3.83. The van der Waals surface area contributed by atoms with Crippen molar-refractivity contribution in [3.63, 3.8) is 0 Å². The Hall–Kier alpha value is -2.67. The first-order chi connectivity index (χ1) is 12.0. The number of aromatic nitrogens is 2. The fourth-order valence-electron chi connectivity index (χ4n) is 2.49. The van der Waals surface area contributed by atoms with E-state index in [4.69, 9.17) is 0 Å². The van der Waals surface area contributed by atoms with Crippen molar-refractivity contribution < 1.29 is 9.59 Å². The second-order valence-corrected chi connectivity index (χ2v) is 6.48. The van der Waals surface area contributed by atoms with Crippen molar-refractivity contribution in [1.82, 2.24) is 14.7 Å². The van der Waals surface area contributed by atoms with E-state index in [1.54, 1.807) is 33.3 Å². The van der Waals surface area contributed by atoms with Gasteiger partial charge in [0.25, 0.3) is 5.91 Å². The summed E-state index contributed by atoms with van der Waals surface area (Å²) in [5.74, 6) is -0.209. The number of hydrogen-bond acceptors (Lipinski definition) is 5. The summed E-state index contributed by atoms with van der Waals surface area (Å²) < 4.78 is 1.34. The number of hydrogen-bond donors (Lipinski definition) is 0. The maximum atomic E-state index is 12.4. The molecular weight excluding hydrogens is 336 g/mol. The minimum absolute atomic E-state index is 0.0971. The van der Waals surface area contributed by atoms with Crippen molar-refractivity contribution in [3.05, 3.63) is 47.0 Å². The van der Waals surface area contributed by atoms with Crippen LogP contribution >= 0.6 is 11.8 Å². The molecule has 1 aromatic carbocycles. The summed E-state index contributed by atoms with van der Waals surface area (Å²) in [4.78, 5) is 30.6. The third kappa shape index (κ3) is 3.28. The molecule has 3 rings (SSSR count). The van der Waals surface area contributed by atoms with Gasteiger partial charge in [-0.15, -0.1) is 0 Å². The molecule has 0 N–H and O–H groups in total. The molecule has 0 saturated carbocycles. The predicted molar refractivity (Wildman–Crippen MR) is 100 cm³/mol. The lowest BCUT2D eigenvalue weighted by Gasteiger charge is -2.05. The highest BCUT2D eigenvalue weighted by Crippen LogP contribution is 2.33. The molecule has 1 fully saturated rings. The summed E-state index contributed by atoms with van der Waals surface area (Å²) in [7, 11) is 3.35. The Morgan fingerprint density at radius 2 is 2.04 bits per heavy atom. The first kappa shape index (κ1) is 17.2. The van der Waals surface area contributed by atoms with Crippen molar-refractivity contribution >= 4 is 34.8 Å². The third-order valence-corrected chi connectivity index (χ3v) is 4.98. The molecule has 0 bridgehead atoms. The van der Waals surface area contributed by atoms with Gasteiger partial charge in [0.2, 0.25) is 5.91 Å². The number of amidine groups is 1. The number of carbonyl (C=O) groups excluding carboxylic acids is 2. The fourth-order valence-corrected chi connectivity index (χ4v) is 3.41. The van der Waals surface area contributed by atoms with E-state index in [1.165, 1.54) is 21.3 Å². The Labute approximate surface area is 150 Å². The van der Waals surface area contributed by atoms with Gasteiger partial charge in [0.15, 0.2) is 5.17 Å². The highest BCUT2D eigenvalue weighted by Gasteiger charge is 2.30. The molecule has 1 aliphatic rings. The van der Waals surface area contributed by atoms with E-state index in [0.29, 0.717) is 22.2 Å². The van der Waals surface area contributed by atoms with Crippen LogP contribution in [0, 0.1) is 0 Å². The van der Waals surface area contributed by atoms with E-state index >= 15 is 0 Å². The molecule has 0 aliphatic carbocycles. The molecule has 1 saturated heterocycles. The van der Waals surface area contributed by atoms with Gasteiger partial charge in [0.1, 0.15) is 5.69 Å².